The van der Waals surface area contributed by atoms with E-state index in [2.05, 4.69) is 31.7 Å². The molecule has 0 bridgehead atoms. The van der Waals surface area contributed by atoms with Crippen LogP contribution in [0.1, 0.15) is 17.4 Å². The van der Waals surface area contributed by atoms with Crippen molar-refractivity contribution in [2.24, 2.45) is 0 Å². The van der Waals surface area contributed by atoms with Gasteiger partial charge in [0, 0.05) is 12.0 Å². The van der Waals surface area contributed by atoms with Gasteiger partial charge in [0.1, 0.15) is 18.6 Å². The Kier molecular flexibility index (Phi) is 3.70. The van der Waals surface area contributed by atoms with Crippen molar-refractivity contribution in [2.45, 2.75) is 12.5 Å². The molecule has 0 spiro atoms. The van der Waals surface area contributed by atoms with Crippen LogP contribution in [-0.2, 0) is 11.2 Å². The third-order valence-corrected chi connectivity index (χ3v) is 5.02. The first-order chi connectivity index (χ1) is 14.7. The highest BCUT2D eigenvalue weighted by Crippen LogP contribution is 2.42. The number of ether oxygens (including phenoxy) is 4. The van der Waals surface area contributed by atoms with Crippen molar-refractivity contribution in [1.82, 2.24) is 20.2 Å². The molecular weight excluding hydrogens is 390 g/mol. The number of amides is 1. The Labute approximate surface area is 170 Å². The van der Waals surface area contributed by atoms with Gasteiger partial charge in [0.25, 0.3) is 11.8 Å². The first kappa shape index (κ1) is 17.0. The fraction of sp³-hybridized carbons (Fsp3) is 0.250. The van der Waals surface area contributed by atoms with Crippen LogP contribution in [0.3, 0.4) is 0 Å². The Morgan fingerprint density at radius 3 is 3.10 bits per heavy atom. The van der Waals surface area contributed by atoms with E-state index < -0.39 is 6.10 Å². The van der Waals surface area contributed by atoms with E-state index in [-0.39, 0.29) is 25.0 Å². The molecule has 3 aliphatic heterocycles. The zero-order valence-electron chi connectivity index (χ0n) is 15.5. The van der Waals surface area contributed by atoms with Crippen LogP contribution >= 0.6 is 0 Å². The second-order valence-electron chi connectivity index (χ2n) is 6.93. The maximum Gasteiger partial charge on any atom is 0.277 e. The number of anilines is 1. The van der Waals surface area contributed by atoms with Crippen molar-refractivity contribution < 1.29 is 23.7 Å². The second kappa shape index (κ2) is 6.55. The standard InChI is InChI=1S/C20H14N5O5/c26-17-9-28-14-2-1-12(23-19(14)24-17)16-8-29-20-18(30-16)11(6-22-25-20)13-5-10-3-4-27-15(10)7-21-13/h1-2,5,7,16H,3-4,8-9H2,(H,23,24,26). The van der Waals surface area contributed by atoms with Gasteiger partial charge in [-0.3, -0.25) is 9.78 Å². The van der Waals surface area contributed by atoms with Crippen LogP contribution in [0.25, 0.3) is 11.3 Å². The zero-order valence-corrected chi connectivity index (χ0v) is 15.5. The highest BCUT2D eigenvalue weighted by atomic mass is 16.6. The molecule has 1 N–H and O–H groups in total. The van der Waals surface area contributed by atoms with Gasteiger partial charge >= 0.3 is 0 Å². The van der Waals surface area contributed by atoms with Gasteiger partial charge in [0.2, 0.25) is 0 Å². The topological polar surface area (TPSA) is 118 Å². The Morgan fingerprint density at radius 2 is 2.13 bits per heavy atom. The van der Waals surface area contributed by atoms with Crippen molar-refractivity contribution in [1.29, 1.82) is 0 Å². The minimum atomic E-state index is -0.518. The number of rotatable bonds is 2. The summed E-state index contributed by atoms with van der Waals surface area (Å²) in [4.78, 5) is 20.5. The Morgan fingerprint density at radius 1 is 1.17 bits per heavy atom. The summed E-state index contributed by atoms with van der Waals surface area (Å²) in [6.45, 7) is 0.807. The summed E-state index contributed by atoms with van der Waals surface area (Å²) in [7, 11) is 0. The van der Waals surface area contributed by atoms with Crippen LogP contribution < -0.4 is 24.3 Å². The summed E-state index contributed by atoms with van der Waals surface area (Å²) in [5.41, 5.74) is 2.85. The van der Waals surface area contributed by atoms with Crippen LogP contribution in [0.4, 0.5) is 5.82 Å². The smallest absolute Gasteiger partial charge is 0.277 e. The molecule has 0 saturated heterocycles. The summed E-state index contributed by atoms with van der Waals surface area (Å²) >= 11 is 0. The molecule has 149 valence electrons. The van der Waals surface area contributed by atoms with E-state index in [9.17, 15) is 4.79 Å². The lowest BCUT2D eigenvalue weighted by Gasteiger charge is -2.27. The summed E-state index contributed by atoms with van der Waals surface area (Å²) in [6, 6.07) is 5.46. The lowest BCUT2D eigenvalue weighted by atomic mass is 10.1. The molecule has 3 aromatic heterocycles. The first-order valence-corrected chi connectivity index (χ1v) is 9.38. The minimum absolute atomic E-state index is 0.0267. The number of hydrogen-bond acceptors (Lipinski definition) is 9. The van der Waals surface area contributed by atoms with E-state index in [1.165, 1.54) is 0 Å². The number of pyridine rings is 2. The lowest BCUT2D eigenvalue weighted by Crippen LogP contribution is -2.28. The molecule has 3 aliphatic rings. The van der Waals surface area contributed by atoms with Crippen LogP contribution in [0.5, 0.6) is 23.1 Å². The van der Waals surface area contributed by atoms with Gasteiger partial charge in [-0.15, -0.1) is 10.2 Å². The highest BCUT2D eigenvalue weighted by molar-refractivity contribution is 5.94. The van der Waals surface area contributed by atoms with Crippen LogP contribution in [0.2, 0.25) is 0 Å². The number of nitrogens with one attached hydrogen (secondary N) is 1. The van der Waals surface area contributed by atoms with E-state index in [1.807, 2.05) is 6.07 Å². The quantitative estimate of drug-likeness (QED) is 0.678. The van der Waals surface area contributed by atoms with E-state index >= 15 is 0 Å². The summed E-state index contributed by atoms with van der Waals surface area (Å²) < 4.78 is 22.9. The maximum atomic E-state index is 11.6. The normalized spacial score (nSPS) is 18.5. The molecule has 1 unspecified atom stereocenters. The van der Waals surface area contributed by atoms with Crippen molar-refractivity contribution in [3.63, 3.8) is 0 Å². The van der Waals surface area contributed by atoms with Crippen molar-refractivity contribution >= 4 is 11.7 Å². The van der Waals surface area contributed by atoms with Crippen LogP contribution in [0.15, 0.2) is 24.4 Å². The Bertz CT molecular complexity index is 1180. The third kappa shape index (κ3) is 2.76. The lowest BCUT2D eigenvalue weighted by molar-refractivity contribution is -0.118. The van der Waals surface area contributed by atoms with Gasteiger partial charge in [-0.25, -0.2) is 4.98 Å². The summed E-state index contributed by atoms with van der Waals surface area (Å²) in [6.07, 6.45) is 4.85. The minimum Gasteiger partial charge on any atom is -0.491 e. The first-order valence-electron chi connectivity index (χ1n) is 9.38. The number of aromatic nitrogens is 4. The second-order valence-corrected chi connectivity index (χ2v) is 6.93. The molecule has 0 aliphatic carbocycles. The Balaban J connectivity index is 1.35. The van der Waals surface area contributed by atoms with E-state index in [0.717, 1.165) is 17.7 Å². The number of hydrogen-bond donors (Lipinski definition) is 1. The molecule has 10 heteroatoms. The number of nitrogens with zero attached hydrogens (tertiary/aromatic N) is 4. The van der Waals surface area contributed by atoms with Crippen LogP contribution in [0, 0.1) is 6.20 Å². The molecule has 10 nitrogen and oxygen atoms in total. The van der Waals surface area contributed by atoms with Crippen molar-refractivity contribution in [3.05, 3.63) is 41.9 Å². The molecule has 6 heterocycles. The average Bonchev–Trinajstić information content (AvgIpc) is 3.25. The van der Waals surface area contributed by atoms with E-state index in [4.69, 9.17) is 18.9 Å². The number of carbonyl (C=O) groups is 1. The predicted octanol–water partition coefficient (Wildman–Crippen LogP) is 1.51. The molecule has 0 fully saturated rings. The molecule has 0 aromatic carbocycles. The van der Waals surface area contributed by atoms with Gasteiger partial charge in [0.05, 0.1) is 29.8 Å². The van der Waals surface area contributed by atoms with Gasteiger partial charge in [-0.2, -0.15) is 0 Å². The molecule has 30 heavy (non-hydrogen) atoms. The van der Waals surface area contributed by atoms with Crippen LogP contribution in [-0.4, -0.2) is 45.9 Å². The summed E-state index contributed by atoms with van der Waals surface area (Å²) in [5.74, 6) is 2.07. The van der Waals surface area contributed by atoms with Gasteiger partial charge < -0.3 is 24.3 Å². The highest BCUT2D eigenvalue weighted by Gasteiger charge is 2.30. The predicted molar refractivity (Wildman–Crippen MR) is 101 cm³/mol. The van der Waals surface area contributed by atoms with E-state index in [1.54, 1.807) is 18.3 Å². The summed E-state index contributed by atoms with van der Waals surface area (Å²) in [5, 5.41) is 10.6. The maximum absolute atomic E-state index is 11.6. The molecule has 6 rings (SSSR count). The molecule has 1 atom stereocenters. The fourth-order valence-electron chi connectivity index (χ4n) is 3.55. The van der Waals surface area contributed by atoms with Gasteiger partial charge in [-0.05, 0) is 18.2 Å². The monoisotopic (exact) mass is 404 g/mol. The zero-order chi connectivity index (χ0) is 20.1. The van der Waals surface area contributed by atoms with Gasteiger partial charge in [0.15, 0.2) is 30.0 Å². The number of fused-ring (bicyclic) bond motifs is 3. The average molecular weight is 404 g/mol. The van der Waals surface area contributed by atoms with E-state index in [0.29, 0.717) is 40.9 Å². The van der Waals surface area contributed by atoms with Gasteiger partial charge in [-0.1, -0.05) is 0 Å². The molecule has 3 aromatic rings. The Hall–Kier alpha value is -3.95. The number of carbonyl (C=O) groups excluding carboxylic acids is 1. The molecule has 1 radical (unpaired) electrons. The van der Waals surface area contributed by atoms with Crippen molar-refractivity contribution in [3.8, 4) is 34.4 Å². The molecule has 0 saturated carbocycles. The molecular formula is C20H14N5O5. The third-order valence-electron chi connectivity index (χ3n) is 5.02. The SMILES string of the molecule is O=C1COc2ccc(C3COc4nn[c]c(-c5cc6c(cn5)OCC6)c4O3)nc2N1. The van der Waals surface area contributed by atoms with Crippen molar-refractivity contribution in [2.75, 3.05) is 25.1 Å². The fourth-order valence-corrected chi connectivity index (χ4v) is 3.55. The largest absolute Gasteiger partial charge is 0.491 e. The molecule has 1 amide bonds.